The van der Waals surface area contributed by atoms with Gasteiger partial charge in [0.05, 0.1) is 18.0 Å². The molecule has 1 amide bonds. The lowest BCUT2D eigenvalue weighted by molar-refractivity contribution is -0.116. The van der Waals surface area contributed by atoms with Crippen molar-refractivity contribution in [2.75, 3.05) is 22.4 Å². The molecule has 2 aromatic carbocycles. The molecule has 0 saturated heterocycles. The lowest BCUT2D eigenvalue weighted by Crippen LogP contribution is -2.18. The molecular weight excluding hydrogens is 400 g/mol. The first-order chi connectivity index (χ1) is 14.2. The van der Waals surface area contributed by atoms with Gasteiger partial charge in [0.2, 0.25) is 15.9 Å². The zero-order valence-electron chi connectivity index (χ0n) is 18.2. The summed E-state index contributed by atoms with van der Waals surface area (Å²) in [7, 11) is -3.38. The highest BCUT2D eigenvalue weighted by Crippen LogP contribution is 2.25. The lowest BCUT2D eigenvalue weighted by atomic mass is 10.1. The van der Waals surface area contributed by atoms with Crippen LogP contribution in [0.5, 0.6) is 5.75 Å². The van der Waals surface area contributed by atoms with Gasteiger partial charge in [-0.3, -0.25) is 9.52 Å². The van der Waals surface area contributed by atoms with Crippen LogP contribution in [0.1, 0.15) is 49.3 Å². The third kappa shape index (κ3) is 7.37. The van der Waals surface area contributed by atoms with Crippen LogP contribution in [0, 0.1) is 20.8 Å². The molecule has 0 fully saturated rings. The van der Waals surface area contributed by atoms with Gasteiger partial charge in [-0.05, 0) is 74.9 Å². The number of unbranched alkanes of at least 4 members (excludes halogenated alkanes) is 1. The van der Waals surface area contributed by atoms with Crippen LogP contribution in [0.25, 0.3) is 0 Å². The van der Waals surface area contributed by atoms with Crippen molar-refractivity contribution in [3.8, 4) is 5.75 Å². The van der Waals surface area contributed by atoms with Crippen molar-refractivity contribution in [1.29, 1.82) is 0 Å². The van der Waals surface area contributed by atoms with Crippen LogP contribution < -0.4 is 14.8 Å². The van der Waals surface area contributed by atoms with Gasteiger partial charge in [-0.2, -0.15) is 0 Å². The third-order valence-corrected chi connectivity index (χ3v) is 6.22. The van der Waals surface area contributed by atoms with Crippen molar-refractivity contribution in [2.45, 2.75) is 53.4 Å². The number of anilines is 2. The molecule has 0 radical (unpaired) electrons. The molecule has 0 aliphatic carbocycles. The molecule has 0 aliphatic heterocycles. The second-order valence-corrected chi connectivity index (χ2v) is 9.36. The van der Waals surface area contributed by atoms with Gasteiger partial charge in [0, 0.05) is 12.1 Å². The summed E-state index contributed by atoms with van der Waals surface area (Å²) in [5, 5.41) is 2.88. The number of amides is 1. The normalized spacial score (nSPS) is 11.2. The van der Waals surface area contributed by atoms with E-state index in [1.54, 1.807) is 25.1 Å². The number of rotatable bonds is 11. The zero-order chi connectivity index (χ0) is 22.1. The number of ether oxygens (including phenoxy) is 1. The number of hydrogen-bond donors (Lipinski definition) is 2. The molecule has 7 heteroatoms. The number of sulfonamides is 1. The van der Waals surface area contributed by atoms with E-state index in [0.717, 1.165) is 23.3 Å². The minimum Gasteiger partial charge on any atom is -0.493 e. The summed E-state index contributed by atoms with van der Waals surface area (Å²) in [4.78, 5) is 12.3. The third-order valence-electron chi connectivity index (χ3n) is 4.75. The molecule has 0 saturated carbocycles. The predicted octanol–water partition coefficient (Wildman–Crippen LogP) is 4.95. The van der Waals surface area contributed by atoms with E-state index < -0.39 is 10.0 Å². The number of hydrogen-bond acceptors (Lipinski definition) is 4. The molecule has 2 aromatic rings. The van der Waals surface area contributed by atoms with Gasteiger partial charge in [0.15, 0.2) is 0 Å². The van der Waals surface area contributed by atoms with E-state index in [1.165, 1.54) is 0 Å². The highest BCUT2D eigenvalue weighted by Gasteiger charge is 2.13. The average molecular weight is 433 g/mol. The first-order valence-corrected chi connectivity index (χ1v) is 12.0. The van der Waals surface area contributed by atoms with Gasteiger partial charge >= 0.3 is 0 Å². The first kappa shape index (κ1) is 23.7. The highest BCUT2D eigenvalue weighted by molar-refractivity contribution is 7.92. The van der Waals surface area contributed by atoms with E-state index in [4.69, 9.17) is 4.74 Å². The number of benzene rings is 2. The van der Waals surface area contributed by atoms with Crippen LogP contribution in [-0.2, 0) is 14.8 Å². The van der Waals surface area contributed by atoms with Crippen molar-refractivity contribution in [1.82, 2.24) is 0 Å². The quantitative estimate of drug-likeness (QED) is 0.492. The van der Waals surface area contributed by atoms with Crippen LogP contribution in [0.15, 0.2) is 36.4 Å². The molecule has 2 N–H and O–H groups in total. The SMILES string of the molecule is CCCS(=O)(=O)Nc1cccc(NC(=O)CCCCOc2cc(C)ccc2C)c1C. The van der Waals surface area contributed by atoms with Crippen molar-refractivity contribution >= 4 is 27.3 Å². The standard InChI is InChI=1S/C23H32N2O4S/c1-5-15-30(27,28)25-21-10-8-9-20(19(21)4)24-23(26)11-6-7-14-29-22-16-17(2)12-13-18(22)3/h8-10,12-13,16,25H,5-7,11,14-15H2,1-4H3,(H,24,26). The van der Waals surface area contributed by atoms with Crippen molar-refractivity contribution in [3.05, 3.63) is 53.1 Å². The molecular formula is C23H32N2O4S. The topological polar surface area (TPSA) is 84.5 Å². The van der Waals surface area contributed by atoms with E-state index in [-0.39, 0.29) is 11.7 Å². The maximum Gasteiger partial charge on any atom is 0.232 e. The molecule has 164 valence electrons. The largest absolute Gasteiger partial charge is 0.493 e. The molecule has 0 bridgehead atoms. The Morgan fingerprint density at radius 3 is 2.50 bits per heavy atom. The summed E-state index contributed by atoms with van der Waals surface area (Å²) < 4.78 is 32.5. The van der Waals surface area contributed by atoms with Gasteiger partial charge in [-0.15, -0.1) is 0 Å². The molecule has 0 unspecified atom stereocenters. The Morgan fingerprint density at radius 1 is 1.03 bits per heavy atom. The zero-order valence-corrected chi connectivity index (χ0v) is 19.1. The molecule has 2 rings (SSSR count). The Hall–Kier alpha value is -2.54. The molecule has 0 heterocycles. The molecule has 30 heavy (non-hydrogen) atoms. The van der Waals surface area contributed by atoms with E-state index in [9.17, 15) is 13.2 Å². The fraction of sp³-hybridized carbons (Fsp3) is 0.435. The molecule has 0 aromatic heterocycles. The van der Waals surface area contributed by atoms with Crippen molar-refractivity contribution in [2.24, 2.45) is 0 Å². The smallest absolute Gasteiger partial charge is 0.232 e. The van der Waals surface area contributed by atoms with Crippen molar-refractivity contribution < 1.29 is 17.9 Å². The Labute approximate surface area is 180 Å². The summed E-state index contributed by atoms with van der Waals surface area (Å²) in [5.41, 5.74) is 4.06. The van der Waals surface area contributed by atoms with Gasteiger partial charge in [-0.1, -0.05) is 25.1 Å². The summed E-state index contributed by atoms with van der Waals surface area (Å²) >= 11 is 0. The Bertz CT molecular complexity index is 971. The fourth-order valence-electron chi connectivity index (χ4n) is 3.01. The fourth-order valence-corrected chi connectivity index (χ4v) is 4.21. The number of carbonyl (C=O) groups excluding carboxylic acids is 1. The van der Waals surface area contributed by atoms with E-state index in [0.29, 0.717) is 42.8 Å². The van der Waals surface area contributed by atoms with E-state index >= 15 is 0 Å². The molecule has 0 aliphatic rings. The Kier molecular flexibility index (Phi) is 8.72. The van der Waals surface area contributed by atoms with E-state index in [2.05, 4.69) is 16.1 Å². The van der Waals surface area contributed by atoms with Crippen molar-refractivity contribution in [3.63, 3.8) is 0 Å². The summed E-state index contributed by atoms with van der Waals surface area (Å²) in [5.74, 6) is 0.850. The van der Waals surface area contributed by atoms with Gasteiger partial charge < -0.3 is 10.1 Å². The Morgan fingerprint density at radius 2 is 1.77 bits per heavy atom. The second-order valence-electron chi connectivity index (χ2n) is 7.52. The average Bonchev–Trinajstić information content (AvgIpc) is 2.67. The van der Waals surface area contributed by atoms with Gasteiger partial charge in [0.1, 0.15) is 5.75 Å². The monoisotopic (exact) mass is 432 g/mol. The summed E-state index contributed by atoms with van der Waals surface area (Å²) in [6.07, 6.45) is 2.40. The van der Waals surface area contributed by atoms with Crippen LogP contribution in [0.2, 0.25) is 0 Å². The van der Waals surface area contributed by atoms with Gasteiger partial charge in [-0.25, -0.2) is 8.42 Å². The summed E-state index contributed by atoms with van der Waals surface area (Å²) in [6, 6.07) is 11.3. The van der Waals surface area contributed by atoms with Crippen LogP contribution >= 0.6 is 0 Å². The first-order valence-electron chi connectivity index (χ1n) is 10.3. The Balaban J connectivity index is 1.82. The maximum absolute atomic E-state index is 12.3. The molecule has 0 atom stereocenters. The summed E-state index contributed by atoms with van der Waals surface area (Å²) in [6.45, 7) is 8.21. The lowest BCUT2D eigenvalue weighted by Gasteiger charge is -2.14. The van der Waals surface area contributed by atoms with Gasteiger partial charge in [0.25, 0.3) is 0 Å². The second kappa shape index (κ2) is 11.0. The number of nitrogens with one attached hydrogen (secondary N) is 2. The number of aryl methyl sites for hydroxylation is 2. The minimum absolute atomic E-state index is 0.0627. The maximum atomic E-state index is 12.3. The molecule has 0 spiro atoms. The minimum atomic E-state index is -3.38. The number of carbonyl (C=O) groups is 1. The molecule has 6 nitrogen and oxygen atoms in total. The van der Waals surface area contributed by atoms with Crippen LogP contribution in [0.4, 0.5) is 11.4 Å². The van der Waals surface area contributed by atoms with Crippen LogP contribution in [-0.4, -0.2) is 26.7 Å². The predicted molar refractivity (Wildman–Crippen MR) is 123 cm³/mol. The highest BCUT2D eigenvalue weighted by atomic mass is 32.2. The van der Waals surface area contributed by atoms with E-state index in [1.807, 2.05) is 32.9 Å². The van der Waals surface area contributed by atoms with Crippen LogP contribution in [0.3, 0.4) is 0 Å².